The highest BCUT2D eigenvalue weighted by molar-refractivity contribution is 6.02. The highest BCUT2D eigenvalue weighted by Crippen LogP contribution is 2.28. The van der Waals surface area contributed by atoms with Crippen LogP contribution in [0.5, 0.6) is 0 Å². The van der Waals surface area contributed by atoms with E-state index < -0.39 is 17.4 Å². The summed E-state index contributed by atoms with van der Waals surface area (Å²) >= 11 is 0. The van der Waals surface area contributed by atoms with Crippen molar-refractivity contribution in [2.75, 3.05) is 0 Å². The average molecular weight is 302 g/mol. The van der Waals surface area contributed by atoms with Gasteiger partial charge in [-0.1, -0.05) is 25.7 Å². The van der Waals surface area contributed by atoms with E-state index in [1.165, 1.54) is 10.7 Å². The minimum absolute atomic E-state index is 0.297. The summed E-state index contributed by atoms with van der Waals surface area (Å²) < 4.78 is 1.50. The summed E-state index contributed by atoms with van der Waals surface area (Å²) in [6.07, 6.45) is 9.22. The van der Waals surface area contributed by atoms with Gasteiger partial charge in [-0.05, 0) is 18.9 Å². The summed E-state index contributed by atoms with van der Waals surface area (Å²) in [6.45, 7) is 0. The van der Waals surface area contributed by atoms with Gasteiger partial charge < -0.3 is 10.4 Å². The first-order valence-electron chi connectivity index (χ1n) is 7.47. The zero-order valence-electron chi connectivity index (χ0n) is 12.2. The maximum Gasteiger partial charge on any atom is 0.329 e. The Labute approximate surface area is 127 Å². The van der Waals surface area contributed by atoms with Crippen LogP contribution in [0.15, 0.2) is 24.7 Å². The van der Waals surface area contributed by atoms with E-state index in [-0.39, 0.29) is 0 Å². The first-order chi connectivity index (χ1) is 10.6. The number of carbonyl (C=O) groups is 2. The fourth-order valence-electron chi connectivity index (χ4n) is 3.00. The fraction of sp³-hybridized carbons (Fsp3) is 0.467. The van der Waals surface area contributed by atoms with Crippen molar-refractivity contribution in [2.24, 2.45) is 0 Å². The van der Waals surface area contributed by atoms with E-state index in [0.29, 0.717) is 24.1 Å². The third kappa shape index (κ3) is 2.54. The molecule has 1 aliphatic carbocycles. The number of rotatable bonds is 3. The molecule has 0 atom stereocenters. The van der Waals surface area contributed by atoms with Gasteiger partial charge >= 0.3 is 5.97 Å². The van der Waals surface area contributed by atoms with Crippen LogP contribution in [0.4, 0.5) is 0 Å². The lowest BCUT2D eigenvalue weighted by molar-refractivity contribution is -0.145. The van der Waals surface area contributed by atoms with Crippen molar-refractivity contribution in [3.63, 3.8) is 0 Å². The summed E-state index contributed by atoms with van der Waals surface area (Å²) in [5.74, 6) is -1.40. The molecule has 0 saturated heterocycles. The largest absolute Gasteiger partial charge is 0.480 e. The van der Waals surface area contributed by atoms with Gasteiger partial charge in [0.1, 0.15) is 11.1 Å². The van der Waals surface area contributed by atoms with Gasteiger partial charge in [-0.3, -0.25) is 4.79 Å². The highest BCUT2D eigenvalue weighted by Gasteiger charge is 2.40. The molecular formula is C15H18N4O3. The molecule has 7 heteroatoms. The normalized spacial score (nSPS) is 17.8. The van der Waals surface area contributed by atoms with Crippen molar-refractivity contribution in [2.45, 2.75) is 44.1 Å². The topological polar surface area (TPSA) is 96.6 Å². The molecule has 0 radical (unpaired) electrons. The second-order valence-electron chi connectivity index (χ2n) is 5.70. The number of carbonyl (C=O) groups excluding carboxylic acids is 1. The Morgan fingerprint density at radius 3 is 2.64 bits per heavy atom. The van der Waals surface area contributed by atoms with Crippen LogP contribution in [0.1, 0.15) is 48.9 Å². The summed E-state index contributed by atoms with van der Waals surface area (Å²) in [5.41, 5.74) is -0.462. The Morgan fingerprint density at radius 1 is 1.23 bits per heavy atom. The number of carboxylic acids is 1. The number of aliphatic carboxylic acids is 1. The van der Waals surface area contributed by atoms with E-state index in [1.807, 2.05) is 0 Å². The molecule has 2 aromatic heterocycles. The van der Waals surface area contributed by atoms with E-state index in [2.05, 4.69) is 15.4 Å². The Bertz CT molecular complexity index is 702. The lowest BCUT2D eigenvalue weighted by atomic mass is 9.90. The van der Waals surface area contributed by atoms with Gasteiger partial charge in [0.2, 0.25) is 0 Å². The number of carboxylic acid groups (broad SMARTS) is 1. The smallest absolute Gasteiger partial charge is 0.329 e. The molecule has 0 spiro atoms. The Morgan fingerprint density at radius 2 is 1.95 bits per heavy atom. The summed E-state index contributed by atoms with van der Waals surface area (Å²) in [4.78, 5) is 28.4. The van der Waals surface area contributed by atoms with Crippen LogP contribution in [0.3, 0.4) is 0 Å². The van der Waals surface area contributed by atoms with Crippen LogP contribution >= 0.6 is 0 Å². The van der Waals surface area contributed by atoms with E-state index >= 15 is 0 Å². The Balaban J connectivity index is 1.89. The fourth-order valence-corrected chi connectivity index (χ4v) is 3.00. The lowest BCUT2D eigenvalue weighted by Crippen LogP contribution is -2.54. The SMILES string of the molecule is O=C(NC1(C(=O)O)CCCCCC1)c1cnn2cccnc12. The maximum absolute atomic E-state index is 12.5. The molecule has 1 fully saturated rings. The van der Waals surface area contributed by atoms with E-state index in [1.54, 1.807) is 18.5 Å². The predicted octanol–water partition coefficient (Wildman–Crippen LogP) is 1.64. The Hall–Kier alpha value is -2.44. The molecule has 3 rings (SSSR count). The zero-order valence-corrected chi connectivity index (χ0v) is 12.2. The second-order valence-corrected chi connectivity index (χ2v) is 5.70. The molecular weight excluding hydrogens is 284 g/mol. The molecule has 7 nitrogen and oxygen atoms in total. The van der Waals surface area contributed by atoms with Gasteiger partial charge in [-0.2, -0.15) is 5.10 Å². The average Bonchev–Trinajstić information content (AvgIpc) is 2.80. The third-order valence-corrected chi connectivity index (χ3v) is 4.24. The molecule has 2 aromatic rings. The van der Waals surface area contributed by atoms with Crippen LogP contribution in [0, 0.1) is 0 Å². The van der Waals surface area contributed by atoms with Crippen LogP contribution in [-0.2, 0) is 4.79 Å². The quantitative estimate of drug-likeness (QED) is 0.840. The number of fused-ring (bicyclic) bond motifs is 1. The van der Waals surface area contributed by atoms with Gasteiger partial charge in [0.15, 0.2) is 5.65 Å². The first-order valence-corrected chi connectivity index (χ1v) is 7.47. The standard InChI is InChI=1S/C15H18N4O3/c20-13(11-10-17-19-9-5-8-16-12(11)19)18-15(14(21)22)6-3-1-2-4-7-15/h5,8-10H,1-4,6-7H2,(H,18,20)(H,21,22). The zero-order chi connectivity index (χ0) is 15.6. The van der Waals surface area contributed by atoms with Gasteiger partial charge in [-0.25, -0.2) is 14.3 Å². The van der Waals surface area contributed by atoms with Crippen molar-refractivity contribution < 1.29 is 14.7 Å². The van der Waals surface area contributed by atoms with E-state index in [4.69, 9.17) is 0 Å². The summed E-state index contributed by atoms with van der Waals surface area (Å²) in [7, 11) is 0. The minimum Gasteiger partial charge on any atom is -0.480 e. The molecule has 1 aliphatic rings. The van der Waals surface area contributed by atoms with Crippen LogP contribution < -0.4 is 5.32 Å². The summed E-state index contributed by atoms with van der Waals surface area (Å²) in [5, 5.41) is 16.4. The van der Waals surface area contributed by atoms with Crippen molar-refractivity contribution in [3.8, 4) is 0 Å². The molecule has 1 saturated carbocycles. The van der Waals surface area contributed by atoms with Crippen LogP contribution in [0.2, 0.25) is 0 Å². The molecule has 2 N–H and O–H groups in total. The minimum atomic E-state index is -1.18. The molecule has 1 amide bonds. The highest BCUT2D eigenvalue weighted by atomic mass is 16.4. The molecule has 22 heavy (non-hydrogen) atoms. The molecule has 0 unspecified atom stereocenters. The first kappa shape index (κ1) is 14.5. The number of aromatic nitrogens is 3. The molecule has 116 valence electrons. The molecule has 0 aromatic carbocycles. The number of hydrogen-bond donors (Lipinski definition) is 2. The van der Waals surface area contributed by atoms with Crippen molar-refractivity contribution in [1.82, 2.24) is 19.9 Å². The van der Waals surface area contributed by atoms with Gasteiger partial charge in [-0.15, -0.1) is 0 Å². The van der Waals surface area contributed by atoms with Gasteiger partial charge in [0.05, 0.1) is 6.20 Å². The maximum atomic E-state index is 12.5. The molecule has 0 bridgehead atoms. The molecule has 2 heterocycles. The van der Waals surface area contributed by atoms with Crippen molar-refractivity contribution in [1.29, 1.82) is 0 Å². The molecule has 0 aliphatic heterocycles. The van der Waals surface area contributed by atoms with Crippen molar-refractivity contribution in [3.05, 3.63) is 30.2 Å². The monoisotopic (exact) mass is 302 g/mol. The number of amides is 1. The predicted molar refractivity (Wildman–Crippen MR) is 78.5 cm³/mol. The lowest BCUT2D eigenvalue weighted by Gasteiger charge is -2.29. The number of hydrogen-bond acceptors (Lipinski definition) is 4. The number of nitrogens with one attached hydrogen (secondary N) is 1. The Kier molecular flexibility index (Phi) is 3.79. The van der Waals surface area contributed by atoms with Crippen LogP contribution in [0.25, 0.3) is 5.65 Å². The second kappa shape index (κ2) is 5.75. The van der Waals surface area contributed by atoms with Crippen LogP contribution in [-0.4, -0.2) is 37.1 Å². The van der Waals surface area contributed by atoms with Gasteiger partial charge in [0, 0.05) is 12.4 Å². The van der Waals surface area contributed by atoms with Crippen molar-refractivity contribution >= 4 is 17.5 Å². The third-order valence-electron chi connectivity index (χ3n) is 4.24. The van der Waals surface area contributed by atoms with Gasteiger partial charge in [0.25, 0.3) is 5.91 Å². The van der Waals surface area contributed by atoms with E-state index in [9.17, 15) is 14.7 Å². The summed E-state index contributed by atoms with van der Waals surface area (Å²) in [6, 6.07) is 1.71. The van der Waals surface area contributed by atoms with E-state index in [0.717, 1.165) is 25.7 Å². The number of nitrogens with zero attached hydrogens (tertiary/aromatic N) is 3.